The summed E-state index contributed by atoms with van der Waals surface area (Å²) in [5.41, 5.74) is 1.21. The van der Waals surface area contributed by atoms with E-state index in [0.29, 0.717) is 16.1 Å². The highest BCUT2D eigenvalue weighted by atomic mass is 32.1. The van der Waals surface area contributed by atoms with Gasteiger partial charge in [0.1, 0.15) is 16.0 Å². The van der Waals surface area contributed by atoms with Crippen molar-refractivity contribution in [2.45, 2.75) is 31.8 Å². The zero-order chi connectivity index (χ0) is 17.1. The third-order valence-electron chi connectivity index (χ3n) is 3.97. The Hall–Kier alpha value is -2.25. The van der Waals surface area contributed by atoms with E-state index in [4.69, 9.17) is 9.84 Å². The number of thiazole rings is 1. The van der Waals surface area contributed by atoms with Crippen molar-refractivity contribution in [3.8, 4) is 0 Å². The van der Waals surface area contributed by atoms with Crippen molar-refractivity contribution in [1.82, 2.24) is 4.98 Å². The van der Waals surface area contributed by atoms with Gasteiger partial charge < -0.3 is 15.2 Å². The maximum atomic E-state index is 12.4. The summed E-state index contributed by atoms with van der Waals surface area (Å²) in [6.07, 6.45) is 3.50. The number of nitrogens with zero attached hydrogens (tertiary/aromatic N) is 1. The molecule has 1 aliphatic rings. The van der Waals surface area contributed by atoms with Crippen LogP contribution in [0.5, 0.6) is 0 Å². The van der Waals surface area contributed by atoms with Gasteiger partial charge in [0.15, 0.2) is 0 Å². The molecule has 2 heterocycles. The Kier molecular flexibility index (Phi) is 4.92. The van der Waals surface area contributed by atoms with Crippen LogP contribution in [0.3, 0.4) is 0 Å². The Morgan fingerprint density at radius 1 is 1.46 bits per heavy atom. The zero-order valence-corrected chi connectivity index (χ0v) is 14.0. The molecule has 3 rings (SSSR count). The van der Waals surface area contributed by atoms with Gasteiger partial charge in [0, 0.05) is 12.3 Å². The van der Waals surface area contributed by atoms with E-state index in [1.165, 1.54) is 11.3 Å². The third kappa shape index (κ3) is 3.63. The van der Waals surface area contributed by atoms with Crippen molar-refractivity contribution in [3.05, 3.63) is 45.9 Å². The van der Waals surface area contributed by atoms with Crippen LogP contribution in [-0.4, -0.2) is 28.6 Å². The molecule has 126 valence electrons. The lowest BCUT2D eigenvalue weighted by Crippen LogP contribution is -2.12. The molecule has 1 aliphatic heterocycles. The number of benzene rings is 1. The first kappa shape index (κ1) is 16.6. The smallest absolute Gasteiger partial charge is 0.310 e. The van der Waals surface area contributed by atoms with Crippen LogP contribution in [-0.2, 0) is 9.53 Å². The molecule has 0 saturated carbocycles. The summed E-state index contributed by atoms with van der Waals surface area (Å²) in [4.78, 5) is 28.2. The number of aliphatic carboxylic acids is 1. The Bertz CT molecular complexity index is 753. The van der Waals surface area contributed by atoms with Crippen LogP contribution < -0.4 is 5.32 Å². The van der Waals surface area contributed by atoms with Crippen LogP contribution in [0.2, 0.25) is 0 Å². The van der Waals surface area contributed by atoms with Gasteiger partial charge in [-0.15, -0.1) is 11.3 Å². The van der Waals surface area contributed by atoms with Crippen LogP contribution in [0.15, 0.2) is 30.5 Å². The number of hydrogen-bond acceptors (Lipinski definition) is 5. The van der Waals surface area contributed by atoms with Crippen LogP contribution in [0.4, 0.5) is 5.69 Å². The largest absolute Gasteiger partial charge is 0.481 e. The summed E-state index contributed by atoms with van der Waals surface area (Å²) < 4.78 is 5.58. The molecule has 0 spiro atoms. The highest BCUT2D eigenvalue weighted by molar-refractivity contribution is 7.13. The normalized spacial score (nSPS) is 18.3. The molecule has 2 N–H and O–H groups in total. The van der Waals surface area contributed by atoms with Crippen molar-refractivity contribution in [3.63, 3.8) is 0 Å². The molecule has 1 aromatic carbocycles. The van der Waals surface area contributed by atoms with Gasteiger partial charge in [-0.2, -0.15) is 0 Å². The highest BCUT2D eigenvalue weighted by Crippen LogP contribution is 2.31. The van der Waals surface area contributed by atoms with Crippen LogP contribution >= 0.6 is 11.3 Å². The molecule has 0 bridgehead atoms. The first-order chi connectivity index (χ1) is 11.5. The molecule has 7 heteroatoms. The molecule has 0 aliphatic carbocycles. The Labute approximate surface area is 143 Å². The number of ether oxygens (including phenoxy) is 1. The van der Waals surface area contributed by atoms with Crippen LogP contribution in [0, 0.1) is 0 Å². The number of amides is 1. The summed E-state index contributed by atoms with van der Waals surface area (Å²) in [6.45, 7) is 2.35. The standard InChI is InChI=1S/C17H18N2O4S/c1-10(17(21)22)11-4-2-5-12(8-11)19-15(20)14-9-18-16(24-14)13-6-3-7-23-13/h2,4-5,8-10,13H,3,6-7H2,1H3,(H,19,20)(H,21,22). The summed E-state index contributed by atoms with van der Waals surface area (Å²) in [5.74, 6) is -1.78. The molecule has 1 amide bonds. The molecule has 1 saturated heterocycles. The van der Waals surface area contributed by atoms with Gasteiger partial charge in [-0.05, 0) is 37.5 Å². The minimum atomic E-state index is -0.901. The van der Waals surface area contributed by atoms with Gasteiger partial charge in [-0.3, -0.25) is 9.59 Å². The summed E-state index contributed by atoms with van der Waals surface area (Å²) in [6, 6.07) is 6.88. The third-order valence-corrected chi connectivity index (χ3v) is 5.06. The molecule has 24 heavy (non-hydrogen) atoms. The number of aromatic nitrogens is 1. The lowest BCUT2D eigenvalue weighted by Gasteiger charge is -2.09. The molecular formula is C17H18N2O4S. The highest BCUT2D eigenvalue weighted by Gasteiger charge is 2.22. The van der Waals surface area contributed by atoms with E-state index in [1.807, 2.05) is 0 Å². The SMILES string of the molecule is CC(C(=O)O)c1cccc(NC(=O)c2cnc(C3CCCO3)s2)c1. The number of rotatable bonds is 5. The van der Waals surface area contributed by atoms with Crippen molar-refractivity contribution in [2.75, 3.05) is 11.9 Å². The van der Waals surface area contributed by atoms with E-state index < -0.39 is 11.9 Å². The number of carbonyl (C=O) groups is 2. The molecule has 0 radical (unpaired) electrons. The van der Waals surface area contributed by atoms with E-state index in [0.717, 1.165) is 24.5 Å². The minimum Gasteiger partial charge on any atom is -0.481 e. The maximum absolute atomic E-state index is 12.4. The number of nitrogens with one attached hydrogen (secondary N) is 1. The second-order valence-corrected chi connectivity index (χ2v) is 6.77. The maximum Gasteiger partial charge on any atom is 0.310 e. The fourth-order valence-electron chi connectivity index (χ4n) is 2.53. The number of carboxylic acids is 1. The van der Waals surface area contributed by atoms with Gasteiger partial charge in [-0.25, -0.2) is 4.98 Å². The predicted octanol–water partition coefficient (Wildman–Crippen LogP) is 3.44. The minimum absolute atomic E-state index is 0.00343. The summed E-state index contributed by atoms with van der Waals surface area (Å²) in [5, 5.41) is 12.7. The number of carbonyl (C=O) groups excluding carboxylic acids is 1. The lowest BCUT2D eigenvalue weighted by molar-refractivity contribution is -0.138. The van der Waals surface area contributed by atoms with Crippen LogP contribution in [0.25, 0.3) is 0 Å². The van der Waals surface area contributed by atoms with Crippen molar-refractivity contribution < 1.29 is 19.4 Å². The summed E-state index contributed by atoms with van der Waals surface area (Å²) in [7, 11) is 0. The molecule has 2 aromatic rings. The Morgan fingerprint density at radius 2 is 2.29 bits per heavy atom. The van der Waals surface area contributed by atoms with Crippen LogP contribution in [0.1, 0.15) is 52.0 Å². The monoisotopic (exact) mass is 346 g/mol. The number of anilines is 1. The second-order valence-electron chi connectivity index (χ2n) is 5.70. The van der Waals surface area contributed by atoms with Crippen molar-refractivity contribution >= 4 is 28.9 Å². The predicted molar refractivity (Wildman–Crippen MR) is 90.5 cm³/mol. The van der Waals surface area contributed by atoms with Gasteiger partial charge in [0.25, 0.3) is 5.91 Å². The first-order valence-corrected chi connectivity index (χ1v) is 8.57. The lowest BCUT2D eigenvalue weighted by atomic mass is 10.0. The van der Waals surface area contributed by atoms with Gasteiger partial charge in [-0.1, -0.05) is 12.1 Å². The van der Waals surface area contributed by atoms with Gasteiger partial charge >= 0.3 is 5.97 Å². The molecule has 2 unspecified atom stereocenters. The molecular weight excluding hydrogens is 328 g/mol. The van der Waals surface area contributed by atoms with Gasteiger partial charge in [0.05, 0.1) is 12.1 Å². The molecule has 1 aromatic heterocycles. The number of hydrogen-bond donors (Lipinski definition) is 2. The fraction of sp³-hybridized carbons (Fsp3) is 0.353. The van der Waals surface area contributed by atoms with Gasteiger partial charge in [0.2, 0.25) is 0 Å². The fourth-order valence-corrected chi connectivity index (χ4v) is 3.43. The van der Waals surface area contributed by atoms with Crippen molar-refractivity contribution in [1.29, 1.82) is 0 Å². The average molecular weight is 346 g/mol. The Balaban J connectivity index is 1.70. The second kappa shape index (κ2) is 7.11. The zero-order valence-electron chi connectivity index (χ0n) is 13.2. The quantitative estimate of drug-likeness (QED) is 0.866. The molecule has 2 atom stereocenters. The summed E-state index contributed by atoms with van der Waals surface area (Å²) >= 11 is 1.33. The molecule has 6 nitrogen and oxygen atoms in total. The van der Waals surface area contributed by atoms with E-state index >= 15 is 0 Å². The van der Waals surface area contributed by atoms with E-state index in [2.05, 4.69) is 10.3 Å². The van der Waals surface area contributed by atoms with E-state index in [1.54, 1.807) is 37.4 Å². The topological polar surface area (TPSA) is 88.5 Å². The first-order valence-electron chi connectivity index (χ1n) is 7.76. The van der Waals surface area contributed by atoms with E-state index in [9.17, 15) is 9.59 Å². The van der Waals surface area contributed by atoms with Crippen molar-refractivity contribution in [2.24, 2.45) is 0 Å². The number of carboxylic acid groups (broad SMARTS) is 1. The molecule has 1 fully saturated rings. The Morgan fingerprint density at radius 3 is 3.00 bits per heavy atom. The van der Waals surface area contributed by atoms with E-state index in [-0.39, 0.29) is 12.0 Å². The average Bonchev–Trinajstić information content (AvgIpc) is 3.25.